The molecule has 0 saturated carbocycles. The molecule has 1 atom stereocenters. The molecule has 2 heterocycles. The van der Waals surface area contributed by atoms with E-state index in [1.54, 1.807) is 17.0 Å². The van der Waals surface area contributed by atoms with Gasteiger partial charge < -0.3 is 9.64 Å². The third kappa shape index (κ3) is 3.57. The highest BCUT2D eigenvalue weighted by Crippen LogP contribution is 2.20. The van der Waals surface area contributed by atoms with Crippen molar-refractivity contribution in [3.8, 4) is 11.4 Å². The molecule has 0 aliphatic carbocycles. The molecule has 2 aromatic rings. The van der Waals surface area contributed by atoms with Crippen LogP contribution in [0, 0.1) is 10.1 Å². The molecule has 9 nitrogen and oxygen atoms in total. The maximum atomic E-state index is 12.3. The Bertz CT molecular complexity index is 760. The highest BCUT2D eigenvalue weighted by atomic mass is 16.6. The Morgan fingerprint density at radius 2 is 2.33 bits per heavy atom. The first-order chi connectivity index (χ1) is 11.5. The fraction of sp³-hybridized carbons (Fsp3) is 0.400. The Labute approximate surface area is 138 Å². The van der Waals surface area contributed by atoms with Crippen molar-refractivity contribution >= 4 is 11.6 Å². The number of ether oxygens (including phenoxy) is 1. The lowest BCUT2D eigenvalue weighted by Crippen LogP contribution is -2.45. The fourth-order valence-corrected chi connectivity index (χ4v) is 2.55. The lowest BCUT2D eigenvalue weighted by Gasteiger charge is -2.31. The quantitative estimate of drug-likeness (QED) is 0.614. The van der Waals surface area contributed by atoms with Crippen LogP contribution in [-0.2, 0) is 16.1 Å². The number of amides is 1. The number of nitro groups is 1. The summed E-state index contributed by atoms with van der Waals surface area (Å²) >= 11 is 0. The Hall–Kier alpha value is -2.81. The van der Waals surface area contributed by atoms with E-state index in [0.29, 0.717) is 31.1 Å². The van der Waals surface area contributed by atoms with Gasteiger partial charge in [0.05, 0.1) is 17.6 Å². The number of benzene rings is 1. The highest BCUT2D eigenvalue weighted by Gasteiger charge is 2.22. The zero-order valence-electron chi connectivity index (χ0n) is 13.2. The first kappa shape index (κ1) is 16.1. The number of non-ortho nitro benzene ring substituents is 1. The molecule has 0 bridgehead atoms. The van der Waals surface area contributed by atoms with E-state index >= 15 is 0 Å². The van der Waals surface area contributed by atoms with Crippen molar-refractivity contribution in [3.05, 3.63) is 40.7 Å². The summed E-state index contributed by atoms with van der Waals surface area (Å²) < 4.78 is 6.86. The Morgan fingerprint density at radius 1 is 1.50 bits per heavy atom. The van der Waals surface area contributed by atoms with Crippen molar-refractivity contribution in [2.45, 2.75) is 19.6 Å². The van der Waals surface area contributed by atoms with Gasteiger partial charge in [-0.2, -0.15) is 5.10 Å². The van der Waals surface area contributed by atoms with Crippen LogP contribution in [0.2, 0.25) is 0 Å². The summed E-state index contributed by atoms with van der Waals surface area (Å²) in [7, 11) is 0. The Kier molecular flexibility index (Phi) is 4.52. The van der Waals surface area contributed by atoms with Crippen LogP contribution in [0.1, 0.15) is 6.92 Å². The number of nitro benzene ring substituents is 1. The van der Waals surface area contributed by atoms with Gasteiger partial charge in [0, 0.05) is 30.8 Å². The minimum absolute atomic E-state index is 0.0257. The standard InChI is InChI=1S/C15H17N5O4/c1-11-8-18(5-6-24-11)14(21)9-19-10-16-15(17-19)12-3-2-4-13(7-12)20(22)23/h2-4,7,10-11H,5-6,8-9H2,1H3/t11-/m1/s1. The van der Waals surface area contributed by atoms with E-state index in [-0.39, 0.29) is 24.2 Å². The smallest absolute Gasteiger partial charge is 0.270 e. The summed E-state index contributed by atoms with van der Waals surface area (Å²) in [6, 6.07) is 6.08. The van der Waals surface area contributed by atoms with Crippen molar-refractivity contribution in [1.82, 2.24) is 19.7 Å². The van der Waals surface area contributed by atoms with Crippen LogP contribution in [0.5, 0.6) is 0 Å². The van der Waals surface area contributed by atoms with Crippen molar-refractivity contribution in [2.75, 3.05) is 19.7 Å². The molecule has 1 amide bonds. The van der Waals surface area contributed by atoms with Gasteiger partial charge in [-0.3, -0.25) is 14.9 Å². The lowest BCUT2D eigenvalue weighted by atomic mass is 10.2. The summed E-state index contributed by atoms with van der Waals surface area (Å²) in [6.45, 7) is 3.66. The van der Waals surface area contributed by atoms with Gasteiger partial charge in [-0.05, 0) is 6.92 Å². The van der Waals surface area contributed by atoms with Crippen LogP contribution in [-0.4, -0.2) is 56.3 Å². The van der Waals surface area contributed by atoms with Crippen molar-refractivity contribution in [1.29, 1.82) is 0 Å². The molecule has 0 spiro atoms. The Morgan fingerprint density at radius 3 is 3.08 bits per heavy atom. The predicted molar refractivity (Wildman–Crippen MR) is 84.1 cm³/mol. The molecule has 1 saturated heterocycles. The molecule has 0 unspecified atom stereocenters. The number of aromatic nitrogens is 3. The number of rotatable bonds is 4. The van der Waals surface area contributed by atoms with Crippen molar-refractivity contribution < 1.29 is 14.5 Å². The van der Waals surface area contributed by atoms with E-state index in [1.165, 1.54) is 23.1 Å². The summed E-state index contributed by atoms with van der Waals surface area (Å²) in [4.78, 5) is 28.5. The molecule has 0 N–H and O–H groups in total. The third-order valence-corrected chi connectivity index (χ3v) is 3.74. The average molecular weight is 331 g/mol. The second-order valence-corrected chi connectivity index (χ2v) is 5.59. The summed E-state index contributed by atoms with van der Waals surface area (Å²) in [5, 5.41) is 15.1. The number of hydrogen-bond donors (Lipinski definition) is 0. The van der Waals surface area contributed by atoms with Gasteiger partial charge in [0.2, 0.25) is 5.91 Å². The average Bonchev–Trinajstić information content (AvgIpc) is 3.03. The van der Waals surface area contributed by atoms with Gasteiger partial charge >= 0.3 is 0 Å². The molecule has 0 radical (unpaired) electrons. The topological polar surface area (TPSA) is 103 Å². The molecule has 24 heavy (non-hydrogen) atoms. The van der Waals surface area contributed by atoms with Crippen molar-refractivity contribution in [3.63, 3.8) is 0 Å². The largest absolute Gasteiger partial charge is 0.375 e. The van der Waals surface area contributed by atoms with E-state index in [4.69, 9.17) is 4.74 Å². The number of carbonyl (C=O) groups is 1. The fourth-order valence-electron chi connectivity index (χ4n) is 2.55. The third-order valence-electron chi connectivity index (χ3n) is 3.74. The van der Waals surface area contributed by atoms with E-state index in [1.807, 2.05) is 6.92 Å². The molecule has 9 heteroatoms. The maximum absolute atomic E-state index is 12.3. The second-order valence-electron chi connectivity index (χ2n) is 5.59. The molecule has 3 rings (SSSR count). The molecule has 1 aliphatic heterocycles. The van der Waals surface area contributed by atoms with Gasteiger partial charge in [0.1, 0.15) is 12.9 Å². The van der Waals surface area contributed by atoms with E-state index in [9.17, 15) is 14.9 Å². The van der Waals surface area contributed by atoms with Gasteiger partial charge in [0.15, 0.2) is 5.82 Å². The van der Waals surface area contributed by atoms with Crippen LogP contribution in [0.15, 0.2) is 30.6 Å². The summed E-state index contributed by atoms with van der Waals surface area (Å²) in [5.74, 6) is 0.294. The number of hydrogen-bond acceptors (Lipinski definition) is 6. The van der Waals surface area contributed by atoms with Crippen molar-refractivity contribution in [2.24, 2.45) is 0 Å². The summed E-state index contributed by atoms with van der Waals surface area (Å²) in [6.07, 6.45) is 1.48. The maximum Gasteiger partial charge on any atom is 0.270 e. The van der Waals surface area contributed by atoms with Gasteiger partial charge in [-0.1, -0.05) is 12.1 Å². The summed E-state index contributed by atoms with van der Waals surface area (Å²) in [5.41, 5.74) is 0.512. The number of carbonyl (C=O) groups excluding carboxylic acids is 1. The van der Waals surface area contributed by atoms with E-state index in [0.717, 1.165) is 0 Å². The lowest BCUT2D eigenvalue weighted by molar-refractivity contribution is -0.384. The minimum Gasteiger partial charge on any atom is -0.375 e. The highest BCUT2D eigenvalue weighted by molar-refractivity contribution is 5.76. The number of nitrogens with zero attached hydrogens (tertiary/aromatic N) is 5. The molecular formula is C15H17N5O4. The molecular weight excluding hydrogens is 314 g/mol. The Balaban J connectivity index is 1.70. The molecule has 1 aliphatic rings. The van der Waals surface area contributed by atoms with E-state index in [2.05, 4.69) is 10.1 Å². The molecule has 1 aromatic heterocycles. The monoisotopic (exact) mass is 331 g/mol. The first-order valence-electron chi connectivity index (χ1n) is 7.56. The molecule has 126 valence electrons. The van der Waals surface area contributed by atoms with Crippen LogP contribution >= 0.6 is 0 Å². The van der Waals surface area contributed by atoms with Crippen LogP contribution in [0.4, 0.5) is 5.69 Å². The second kappa shape index (κ2) is 6.75. The minimum atomic E-state index is -0.469. The van der Waals surface area contributed by atoms with Gasteiger partial charge in [-0.25, -0.2) is 9.67 Å². The zero-order valence-corrected chi connectivity index (χ0v) is 13.2. The van der Waals surface area contributed by atoms with Gasteiger partial charge in [-0.15, -0.1) is 0 Å². The van der Waals surface area contributed by atoms with E-state index < -0.39 is 4.92 Å². The normalized spacial score (nSPS) is 17.7. The molecule has 1 aromatic carbocycles. The molecule has 1 fully saturated rings. The van der Waals surface area contributed by atoms with Crippen LogP contribution in [0.25, 0.3) is 11.4 Å². The van der Waals surface area contributed by atoms with Gasteiger partial charge in [0.25, 0.3) is 5.69 Å². The van der Waals surface area contributed by atoms with Crippen LogP contribution in [0.3, 0.4) is 0 Å². The number of morpholine rings is 1. The van der Waals surface area contributed by atoms with Crippen LogP contribution < -0.4 is 0 Å². The SMILES string of the molecule is C[C@@H]1CN(C(=O)Cn2cnc(-c3cccc([N+](=O)[O-])c3)n2)CCO1. The first-order valence-corrected chi connectivity index (χ1v) is 7.56. The predicted octanol–water partition coefficient (Wildman–Crippen LogP) is 1.10. The zero-order chi connectivity index (χ0) is 17.1.